The number of fused-ring (bicyclic) bond motifs is 2. The number of carbonyl (C=O) groups is 2. The van der Waals surface area contributed by atoms with Gasteiger partial charge < -0.3 is 10.1 Å². The molecule has 3 heterocycles. The minimum Gasteiger partial charge on any atom is -0.465 e. The van der Waals surface area contributed by atoms with E-state index >= 15 is 0 Å². The lowest BCUT2D eigenvalue weighted by atomic mass is 9.79. The highest BCUT2D eigenvalue weighted by atomic mass is 16.5. The van der Waals surface area contributed by atoms with Crippen LogP contribution < -0.4 is 21.9 Å². The summed E-state index contributed by atoms with van der Waals surface area (Å²) in [7, 11) is 0. The average Bonchev–Trinajstić information content (AvgIpc) is 3.14. The molecule has 2 aromatic carbocycles. The van der Waals surface area contributed by atoms with E-state index in [2.05, 4.69) is 46.6 Å². The number of carbonyl (C=O) groups excluding carboxylic acids is 2. The molecule has 7 rings (SSSR count). The van der Waals surface area contributed by atoms with Crippen molar-refractivity contribution < 1.29 is 15.8 Å². The van der Waals surface area contributed by atoms with Crippen LogP contribution in [-0.4, -0.2) is 54.2 Å². The van der Waals surface area contributed by atoms with Gasteiger partial charge in [-0.25, -0.2) is 14.0 Å². The predicted molar refractivity (Wildman–Crippen MR) is 224 cm³/mol. The number of aromatic nitrogens is 6. The lowest BCUT2D eigenvalue weighted by Gasteiger charge is -2.26. The van der Waals surface area contributed by atoms with Crippen LogP contribution in [0.2, 0.25) is 0 Å². The van der Waals surface area contributed by atoms with Crippen LogP contribution >= 0.6 is 0 Å². The Morgan fingerprint density at radius 1 is 0.789 bits per heavy atom. The second kappa shape index (κ2) is 18.9. The maximum atomic E-state index is 13.0. The van der Waals surface area contributed by atoms with Gasteiger partial charge >= 0.3 is 5.97 Å². The van der Waals surface area contributed by atoms with Crippen LogP contribution in [0.5, 0.6) is 0 Å². The van der Waals surface area contributed by atoms with Crippen molar-refractivity contribution in [2.24, 2.45) is 0 Å². The largest absolute Gasteiger partial charge is 0.465 e. The normalized spacial score (nSPS) is 13.9. The highest BCUT2D eigenvalue weighted by Gasteiger charge is 2.24. The molecule has 2 aliphatic carbocycles. The Hall–Kier alpha value is -5.79. The summed E-state index contributed by atoms with van der Waals surface area (Å²) >= 11 is 0. The summed E-state index contributed by atoms with van der Waals surface area (Å²) in [6.07, 6.45) is 8.19. The van der Waals surface area contributed by atoms with Crippen molar-refractivity contribution in [2.75, 3.05) is 11.9 Å². The minimum atomic E-state index is -0.462. The molecule has 2 saturated carbocycles. The van der Waals surface area contributed by atoms with Gasteiger partial charge in [0.1, 0.15) is 24.9 Å². The summed E-state index contributed by atoms with van der Waals surface area (Å²) in [6, 6.07) is 14.9. The number of esters is 1. The molecule has 0 spiro atoms. The Kier molecular flexibility index (Phi) is 14.0. The highest BCUT2D eigenvalue weighted by Crippen LogP contribution is 2.39. The average molecular weight is 780 g/mol. The smallest absolute Gasteiger partial charge is 0.327 e. The molecule has 304 valence electrons. The molecule has 1 amide bonds. The van der Waals surface area contributed by atoms with Crippen LogP contribution in [-0.2, 0) is 27.4 Å². The molecule has 2 fully saturated rings. The van der Waals surface area contributed by atoms with Crippen LogP contribution in [0.25, 0.3) is 21.5 Å². The number of anilines is 1. The molecule has 0 saturated heterocycles. The molecule has 5 aromatic rings. The second-order valence-corrected chi connectivity index (χ2v) is 14.9. The van der Waals surface area contributed by atoms with Crippen molar-refractivity contribution in [3.8, 4) is 0 Å². The standard InChI is InChI=1S/C22H25N7O2.C19H24N2O3.C2H6.H2/c1-13(2)21-17-10-15(14-4-3-5-14)6-7-16(17)22(31)28(27-21)11-20(30)25-19-9-8-18(24)29(12-23)26-19;1-4-24-17(22)11-21-19(23)15-9-8-14(13-6-5-7-13)10-16(15)18(20-21)12(2)3;1-2;/h6-10,12-14,23-24H,3-5,11H2,1-2H3,(H,25,26,30);8-10,12-13H,4-7,11H2,1-3H3;1-2H3;1H. The fourth-order valence-electron chi connectivity index (χ4n) is 6.97. The van der Waals surface area contributed by atoms with E-state index in [1.165, 1.54) is 71.1 Å². The van der Waals surface area contributed by atoms with Gasteiger partial charge in [0.2, 0.25) is 5.91 Å². The maximum absolute atomic E-state index is 13.0. The van der Waals surface area contributed by atoms with E-state index in [4.69, 9.17) is 15.6 Å². The van der Waals surface area contributed by atoms with Crippen molar-refractivity contribution in [3.63, 3.8) is 0 Å². The van der Waals surface area contributed by atoms with Gasteiger partial charge in [-0.3, -0.25) is 30.0 Å². The van der Waals surface area contributed by atoms with Gasteiger partial charge in [-0.1, -0.05) is 66.5 Å². The predicted octanol–water partition coefficient (Wildman–Crippen LogP) is 7.18. The summed E-state index contributed by atoms with van der Waals surface area (Å²) in [5.41, 5.74) is 3.67. The van der Waals surface area contributed by atoms with E-state index in [9.17, 15) is 19.2 Å². The summed E-state index contributed by atoms with van der Waals surface area (Å²) in [5.74, 6) is 0.710. The van der Waals surface area contributed by atoms with Gasteiger partial charge in [-0.05, 0) is 104 Å². The van der Waals surface area contributed by atoms with Crippen LogP contribution in [0.1, 0.15) is 135 Å². The molecule has 57 heavy (non-hydrogen) atoms. The number of nitrogens with zero attached hydrogens (tertiary/aromatic N) is 6. The van der Waals surface area contributed by atoms with Gasteiger partial charge in [0.15, 0.2) is 5.82 Å². The Labute approximate surface area is 333 Å². The first-order valence-electron chi connectivity index (χ1n) is 20.1. The zero-order valence-electron chi connectivity index (χ0n) is 34.1. The quantitative estimate of drug-likeness (QED) is 0.0713. The van der Waals surface area contributed by atoms with E-state index in [0.29, 0.717) is 29.2 Å². The molecule has 0 aliphatic heterocycles. The molecule has 0 radical (unpaired) electrons. The first-order chi connectivity index (χ1) is 27.4. The van der Waals surface area contributed by atoms with E-state index in [1.807, 2.05) is 52.0 Å². The molecule has 3 aromatic heterocycles. The number of ether oxygens (including phenoxy) is 1. The SMILES string of the molecule is CC.CC(C)c1nn(CC(=O)Nc2ccc(=N)n(C=N)n2)c(=O)c2ccc(C3CCC3)cc12.CCOC(=O)Cn1nc(C(C)C)c2cc(C3CCC3)ccc2c1=O.[HH]. The van der Waals surface area contributed by atoms with E-state index in [1.54, 1.807) is 6.92 Å². The fourth-order valence-corrected chi connectivity index (χ4v) is 6.97. The number of nitrogens with one attached hydrogen (secondary N) is 3. The Balaban J connectivity index is 0.000000249. The number of rotatable bonds is 11. The van der Waals surface area contributed by atoms with Crippen LogP contribution in [0.3, 0.4) is 0 Å². The second-order valence-electron chi connectivity index (χ2n) is 14.9. The maximum Gasteiger partial charge on any atom is 0.327 e. The fraction of sp³-hybridized carbons (Fsp3) is 0.465. The zero-order chi connectivity index (χ0) is 41.4. The van der Waals surface area contributed by atoms with Crippen LogP contribution in [0, 0.1) is 10.8 Å². The van der Waals surface area contributed by atoms with Crippen LogP contribution in [0.15, 0.2) is 58.1 Å². The minimum absolute atomic E-state index is 0. The Bertz CT molecular complexity index is 2450. The lowest BCUT2D eigenvalue weighted by molar-refractivity contribution is -0.144. The van der Waals surface area contributed by atoms with E-state index in [-0.39, 0.29) is 48.8 Å². The van der Waals surface area contributed by atoms with Crippen LogP contribution in [0.4, 0.5) is 5.82 Å². The zero-order valence-corrected chi connectivity index (χ0v) is 34.1. The van der Waals surface area contributed by atoms with E-state index < -0.39 is 11.9 Å². The molecular weight excluding hydrogens is 723 g/mol. The van der Waals surface area contributed by atoms with Gasteiger partial charge in [0.05, 0.1) is 28.8 Å². The van der Waals surface area contributed by atoms with Gasteiger partial charge in [0.25, 0.3) is 11.1 Å². The number of hydrogen-bond acceptors (Lipinski definition) is 10. The molecule has 2 aliphatic rings. The Morgan fingerprint density at radius 2 is 1.28 bits per heavy atom. The Morgan fingerprint density at radius 3 is 1.70 bits per heavy atom. The third kappa shape index (κ3) is 9.61. The molecule has 0 unspecified atom stereocenters. The molecule has 0 bridgehead atoms. The number of amides is 1. The molecule has 0 atom stereocenters. The third-order valence-corrected chi connectivity index (χ3v) is 10.4. The first-order valence-corrected chi connectivity index (χ1v) is 20.1. The van der Waals surface area contributed by atoms with Crippen molar-refractivity contribution in [1.82, 2.24) is 29.3 Å². The summed E-state index contributed by atoms with van der Waals surface area (Å²) < 4.78 is 8.40. The molecule has 14 heteroatoms. The number of hydrogen-bond donors (Lipinski definition) is 3. The summed E-state index contributed by atoms with van der Waals surface area (Å²) in [4.78, 5) is 50.1. The monoisotopic (exact) mass is 779 g/mol. The van der Waals surface area contributed by atoms with Crippen molar-refractivity contribution in [3.05, 3.63) is 97.2 Å². The van der Waals surface area contributed by atoms with Crippen molar-refractivity contribution in [1.29, 1.82) is 10.8 Å². The van der Waals surface area contributed by atoms with Gasteiger partial charge in [-0.15, -0.1) is 5.10 Å². The van der Waals surface area contributed by atoms with Crippen molar-refractivity contribution >= 4 is 45.6 Å². The molecular formula is C43H57N9O5. The van der Waals surface area contributed by atoms with E-state index in [0.717, 1.165) is 33.2 Å². The summed E-state index contributed by atoms with van der Waals surface area (Å²) in [5, 5.41) is 33.4. The third-order valence-electron chi connectivity index (χ3n) is 10.4. The van der Waals surface area contributed by atoms with Gasteiger partial charge in [-0.2, -0.15) is 10.2 Å². The highest BCUT2D eigenvalue weighted by molar-refractivity contribution is 5.90. The number of benzene rings is 2. The van der Waals surface area contributed by atoms with Crippen molar-refractivity contribution in [2.45, 2.75) is 124 Å². The summed E-state index contributed by atoms with van der Waals surface area (Å²) in [6.45, 7) is 13.8. The molecule has 14 nitrogen and oxygen atoms in total. The topological polar surface area (TPSA) is 191 Å². The first kappa shape index (κ1) is 42.4. The van der Waals surface area contributed by atoms with Gasteiger partial charge in [0, 0.05) is 12.2 Å². The lowest BCUT2D eigenvalue weighted by Crippen LogP contribution is -2.32. The molecule has 3 N–H and O–H groups in total.